The van der Waals surface area contributed by atoms with Gasteiger partial charge in [0.1, 0.15) is 0 Å². The fraction of sp³-hybridized carbons (Fsp3) is 0.400. The van der Waals surface area contributed by atoms with Crippen LogP contribution in [0.15, 0.2) is 0 Å². The smallest absolute Gasteiger partial charge is 0.373 e. The molecule has 0 aliphatic heterocycles. The van der Waals surface area contributed by atoms with E-state index < -0.39 is 5.97 Å². The summed E-state index contributed by atoms with van der Waals surface area (Å²) in [5, 5.41) is 14.1. The summed E-state index contributed by atoms with van der Waals surface area (Å²) in [5.74, 6) is -1.36. The van der Waals surface area contributed by atoms with Gasteiger partial charge in [0.15, 0.2) is 0 Å². The zero-order chi connectivity index (χ0) is 8.27. The van der Waals surface area contributed by atoms with Gasteiger partial charge in [0.05, 0.1) is 6.61 Å². The quantitative estimate of drug-likeness (QED) is 0.639. The lowest BCUT2D eigenvalue weighted by molar-refractivity contribution is 0.0683. The van der Waals surface area contributed by atoms with Crippen LogP contribution in [-0.4, -0.2) is 32.9 Å². The minimum Gasteiger partial charge on any atom is -0.475 e. The molecule has 0 bridgehead atoms. The average molecular weight is 157 g/mol. The second kappa shape index (κ2) is 3.00. The Morgan fingerprint density at radius 1 is 1.82 bits per heavy atom. The van der Waals surface area contributed by atoms with Crippen LogP contribution in [-0.2, 0) is 0 Å². The molecule has 0 aromatic carbocycles. The van der Waals surface area contributed by atoms with Gasteiger partial charge in [-0.1, -0.05) is 0 Å². The van der Waals surface area contributed by atoms with E-state index in [-0.39, 0.29) is 11.8 Å². The maximum absolute atomic E-state index is 10.2. The van der Waals surface area contributed by atoms with Crippen LogP contribution in [0, 0.1) is 0 Å². The molecule has 11 heavy (non-hydrogen) atoms. The Balaban J connectivity index is 2.73. The van der Waals surface area contributed by atoms with Gasteiger partial charge < -0.3 is 9.84 Å². The van der Waals surface area contributed by atoms with E-state index in [1.54, 1.807) is 6.92 Å². The second-order valence-corrected chi connectivity index (χ2v) is 1.70. The zero-order valence-corrected chi connectivity index (χ0v) is 5.87. The predicted molar refractivity (Wildman–Crippen MR) is 34.5 cm³/mol. The highest BCUT2D eigenvalue weighted by Gasteiger charge is 2.09. The third-order valence-electron chi connectivity index (χ3n) is 0.941. The van der Waals surface area contributed by atoms with Crippen LogP contribution in [0.3, 0.4) is 0 Å². The topological polar surface area (TPSA) is 88.1 Å². The van der Waals surface area contributed by atoms with Crippen molar-refractivity contribution in [2.45, 2.75) is 6.92 Å². The van der Waals surface area contributed by atoms with Crippen molar-refractivity contribution in [3.05, 3.63) is 5.82 Å². The molecular weight excluding hydrogens is 150 g/mol. The molecule has 0 amide bonds. The number of H-pyrrole nitrogens is 1. The summed E-state index contributed by atoms with van der Waals surface area (Å²) in [7, 11) is 0. The fourth-order valence-corrected chi connectivity index (χ4v) is 0.536. The number of aromatic amines is 1. The van der Waals surface area contributed by atoms with Gasteiger partial charge in [-0.2, -0.15) is 4.98 Å². The number of carboxylic acids is 1. The molecule has 1 aromatic rings. The molecule has 1 heterocycles. The van der Waals surface area contributed by atoms with Crippen molar-refractivity contribution in [1.82, 2.24) is 15.2 Å². The van der Waals surface area contributed by atoms with E-state index in [1.165, 1.54) is 0 Å². The first-order valence-corrected chi connectivity index (χ1v) is 3.02. The molecule has 0 aliphatic rings. The highest BCUT2D eigenvalue weighted by molar-refractivity contribution is 5.82. The Bertz CT molecular complexity index is 257. The lowest BCUT2D eigenvalue weighted by Gasteiger charge is -1.90. The fourth-order valence-electron chi connectivity index (χ4n) is 0.536. The third-order valence-corrected chi connectivity index (χ3v) is 0.941. The molecule has 1 aromatic heterocycles. The Morgan fingerprint density at radius 2 is 2.55 bits per heavy atom. The molecule has 0 spiro atoms. The number of hydrogen-bond donors (Lipinski definition) is 2. The van der Waals surface area contributed by atoms with Gasteiger partial charge in [0, 0.05) is 0 Å². The lowest BCUT2D eigenvalue weighted by atomic mass is 10.6. The number of aromatic carboxylic acids is 1. The Hall–Kier alpha value is -1.59. The van der Waals surface area contributed by atoms with Crippen molar-refractivity contribution in [2.75, 3.05) is 6.61 Å². The van der Waals surface area contributed by atoms with Crippen LogP contribution in [0.2, 0.25) is 0 Å². The van der Waals surface area contributed by atoms with Gasteiger partial charge >= 0.3 is 12.0 Å². The monoisotopic (exact) mass is 157 g/mol. The molecule has 0 saturated heterocycles. The number of rotatable bonds is 3. The van der Waals surface area contributed by atoms with Crippen LogP contribution in [0.25, 0.3) is 0 Å². The van der Waals surface area contributed by atoms with Crippen molar-refractivity contribution in [2.24, 2.45) is 0 Å². The number of nitrogens with zero attached hydrogens (tertiary/aromatic N) is 2. The standard InChI is InChI=1S/C5H7N3O3/c1-2-11-5-6-3(4(9)10)7-8-5/h2H2,1H3,(H,9,10)(H,6,7,8). The van der Waals surface area contributed by atoms with E-state index in [2.05, 4.69) is 15.2 Å². The van der Waals surface area contributed by atoms with Crippen molar-refractivity contribution >= 4 is 5.97 Å². The first-order valence-electron chi connectivity index (χ1n) is 3.02. The molecule has 6 heteroatoms. The maximum atomic E-state index is 10.2. The molecule has 2 N–H and O–H groups in total. The van der Waals surface area contributed by atoms with Crippen molar-refractivity contribution < 1.29 is 14.6 Å². The molecule has 0 unspecified atom stereocenters. The Morgan fingerprint density at radius 3 is 3.00 bits per heavy atom. The number of carbonyl (C=O) groups is 1. The number of carboxylic acid groups (broad SMARTS) is 1. The van der Waals surface area contributed by atoms with Crippen LogP contribution in [0.5, 0.6) is 6.01 Å². The van der Waals surface area contributed by atoms with Crippen LogP contribution >= 0.6 is 0 Å². The maximum Gasteiger partial charge on any atom is 0.373 e. The average Bonchev–Trinajstić information content (AvgIpc) is 2.37. The summed E-state index contributed by atoms with van der Waals surface area (Å²) in [6.07, 6.45) is 0. The van der Waals surface area contributed by atoms with E-state index in [1.807, 2.05) is 0 Å². The van der Waals surface area contributed by atoms with Gasteiger partial charge in [0.2, 0.25) is 5.82 Å². The van der Waals surface area contributed by atoms with Crippen molar-refractivity contribution in [1.29, 1.82) is 0 Å². The van der Waals surface area contributed by atoms with E-state index in [4.69, 9.17) is 9.84 Å². The lowest BCUT2D eigenvalue weighted by Crippen LogP contribution is -1.98. The minimum atomic E-state index is -1.15. The third kappa shape index (κ3) is 1.66. The highest BCUT2D eigenvalue weighted by atomic mass is 16.5. The summed E-state index contributed by atoms with van der Waals surface area (Å²) in [4.78, 5) is 13.7. The second-order valence-electron chi connectivity index (χ2n) is 1.70. The Labute approximate surface area is 62.2 Å². The highest BCUT2D eigenvalue weighted by Crippen LogP contribution is 2.00. The number of aromatic nitrogens is 3. The molecule has 0 radical (unpaired) electrons. The largest absolute Gasteiger partial charge is 0.475 e. The SMILES string of the molecule is CCOc1n[nH]c(C(=O)O)n1. The first-order chi connectivity index (χ1) is 5.24. The summed E-state index contributed by atoms with van der Waals surface area (Å²) < 4.78 is 4.82. The van der Waals surface area contributed by atoms with Crippen LogP contribution in [0.1, 0.15) is 17.5 Å². The molecule has 0 saturated carbocycles. The van der Waals surface area contributed by atoms with E-state index in [0.29, 0.717) is 6.61 Å². The van der Waals surface area contributed by atoms with Gasteiger partial charge in [-0.3, -0.25) is 5.10 Å². The molecule has 60 valence electrons. The molecule has 0 atom stereocenters. The summed E-state index contributed by atoms with van der Waals surface area (Å²) >= 11 is 0. The van der Waals surface area contributed by atoms with Crippen molar-refractivity contribution in [3.63, 3.8) is 0 Å². The van der Waals surface area contributed by atoms with Crippen molar-refractivity contribution in [3.8, 4) is 6.01 Å². The number of ether oxygens (including phenoxy) is 1. The predicted octanol–water partition coefficient (Wildman–Crippen LogP) is -0.0984. The number of hydrogen-bond acceptors (Lipinski definition) is 4. The van der Waals surface area contributed by atoms with Gasteiger partial charge in [-0.25, -0.2) is 4.79 Å². The summed E-state index contributed by atoms with van der Waals surface area (Å²) in [6.45, 7) is 2.17. The molecule has 0 fully saturated rings. The van der Waals surface area contributed by atoms with E-state index in [9.17, 15) is 4.79 Å². The van der Waals surface area contributed by atoms with E-state index in [0.717, 1.165) is 0 Å². The van der Waals surface area contributed by atoms with Crippen LogP contribution in [0.4, 0.5) is 0 Å². The zero-order valence-electron chi connectivity index (χ0n) is 5.87. The minimum absolute atomic E-state index is 0.0601. The van der Waals surface area contributed by atoms with Gasteiger partial charge in [-0.15, -0.1) is 5.10 Å². The Kier molecular flexibility index (Phi) is 2.05. The molecule has 6 nitrogen and oxygen atoms in total. The van der Waals surface area contributed by atoms with Gasteiger partial charge in [-0.05, 0) is 6.92 Å². The number of nitrogens with one attached hydrogen (secondary N) is 1. The summed E-state index contributed by atoms with van der Waals surface area (Å²) in [6, 6.07) is 0.0601. The summed E-state index contributed by atoms with van der Waals surface area (Å²) in [5.41, 5.74) is 0. The van der Waals surface area contributed by atoms with Gasteiger partial charge in [0.25, 0.3) is 0 Å². The van der Waals surface area contributed by atoms with E-state index >= 15 is 0 Å². The molecular formula is C5H7N3O3. The molecule has 0 aliphatic carbocycles. The van der Waals surface area contributed by atoms with Crippen LogP contribution < -0.4 is 4.74 Å². The molecule has 1 rings (SSSR count). The first kappa shape index (κ1) is 7.52. The normalized spacial score (nSPS) is 9.55.